The van der Waals surface area contributed by atoms with Crippen molar-refractivity contribution in [3.63, 3.8) is 0 Å². The topological polar surface area (TPSA) is 67.4 Å². The molecule has 5 nitrogen and oxygen atoms in total. The first-order valence-corrected chi connectivity index (χ1v) is 8.41. The first-order valence-electron chi connectivity index (χ1n) is 7.65. The molecule has 0 unspecified atom stereocenters. The summed E-state index contributed by atoms with van der Waals surface area (Å²) in [4.78, 5) is 24.5. The second-order valence-corrected chi connectivity index (χ2v) is 6.02. The maximum absolute atomic E-state index is 12.4. The van der Waals surface area contributed by atoms with E-state index in [1.165, 1.54) is 6.07 Å². The molecule has 0 spiro atoms. The van der Waals surface area contributed by atoms with Crippen LogP contribution in [0.25, 0.3) is 0 Å². The van der Waals surface area contributed by atoms with Crippen molar-refractivity contribution in [2.45, 2.75) is 6.42 Å². The number of hydrogen-bond acceptors (Lipinski definition) is 3. The van der Waals surface area contributed by atoms with Gasteiger partial charge in [0.1, 0.15) is 0 Å². The second-order valence-electron chi connectivity index (χ2n) is 5.24. The number of anilines is 1. The van der Waals surface area contributed by atoms with Crippen molar-refractivity contribution in [3.8, 4) is 0 Å². The van der Waals surface area contributed by atoms with Crippen molar-refractivity contribution < 1.29 is 14.3 Å². The molecule has 2 N–H and O–H groups in total. The predicted octanol–water partition coefficient (Wildman–Crippen LogP) is 4.01. The summed E-state index contributed by atoms with van der Waals surface area (Å²) in [5.74, 6) is -0.621. The molecular weight excluding hydrogens is 363 g/mol. The number of hydrogen-bond donors (Lipinski definition) is 2. The van der Waals surface area contributed by atoms with E-state index in [-0.39, 0.29) is 16.8 Å². The van der Waals surface area contributed by atoms with E-state index in [1.807, 2.05) is 0 Å². The zero-order valence-corrected chi connectivity index (χ0v) is 15.2. The van der Waals surface area contributed by atoms with Gasteiger partial charge in [-0.3, -0.25) is 9.59 Å². The summed E-state index contributed by atoms with van der Waals surface area (Å²) >= 11 is 12.0. The lowest BCUT2D eigenvalue weighted by molar-refractivity contribution is 0.0948. The number of halogens is 2. The third-order valence-electron chi connectivity index (χ3n) is 3.40. The van der Waals surface area contributed by atoms with E-state index in [0.29, 0.717) is 35.0 Å². The fraction of sp³-hybridized carbons (Fsp3) is 0.222. The van der Waals surface area contributed by atoms with Gasteiger partial charge in [-0.15, -0.1) is 0 Å². The maximum Gasteiger partial charge on any atom is 0.255 e. The highest BCUT2D eigenvalue weighted by Gasteiger charge is 2.12. The molecule has 2 aromatic rings. The molecule has 25 heavy (non-hydrogen) atoms. The van der Waals surface area contributed by atoms with E-state index in [2.05, 4.69) is 10.6 Å². The summed E-state index contributed by atoms with van der Waals surface area (Å²) in [7, 11) is 1.61. The first kappa shape index (κ1) is 19.2. The molecule has 0 heterocycles. The van der Waals surface area contributed by atoms with Gasteiger partial charge in [0.2, 0.25) is 0 Å². The van der Waals surface area contributed by atoms with Crippen LogP contribution in [0.4, 0.5) is 5.69 Å². The van der Waals surface area contributed by atoms with Gasteiger partial charge in [0, 0.05) is 31.4 Å². The molecule has 2 aromatic carbocycles. The number of benzene rings is 2. The van der Waals surface area contributed by atoms with E-state index < -0.39 is 0 Å². The molecule has 7 heteroatoms. The molecule has 2 rings (SSSR count). The van der Waals surface area contributed by atoms with Gasteiger partial charge < -0.3 is 15.4 Å². The second kappa shape index (κ2) is 9.42. The number of ether oxygens (including phenoxy) is 1. The van der Waals surface area contributed by atoms with Crippen LogP contribution in [0.2, 0.25) is 10.0 Å². The quantitative estimate of drug-likeness (QED) is 0.712. The Balaban J connectivity index is 2.06. The van der Waals surface area contributed by atoms with Crippen LogP contribution in [0.5, 0.6) is 0 Å². The molecule has 0 aliphatic heterocycles. The van der Waals surface area contributed by atoms with E-state index in [1.54, 1.807) is 43.5 Å². The molecule has 0 bridgehead atoms. The van der Waals surface area contributed by atoms with Gasteiger partial charge in [0.15, 0.2) is 0 Å². The normalized spacial score (nSPS) is 10.4. The van der Waals surface area contributed by atoms with Gasteiger partial charge in [-0.1, -0.05) is 35.3 Å². The van der Waals surface area contributed by atoms with E-state index >= 15 is 0 Å². The highest BCUT2D eigenvalue weighted by Crippen LogP contribution is 2.29. The van der Waals surface area contributed by atoms with Crippen molar-refractivity contribution in [1.82, 2.24) is 5.32 Å². The number of nitrogens with one attached hydrogen (secondary N) is 2. The van der Waals surface area contributed by atoms with Crippen LogP contribution in [-0.4, -0.2) is 32.1 Å². The molecule has 0 aliphatic rings. The SMILES string of the molecule is COCCCNC(=O)c1cccc(C(=O)Nc2cccc(Cl)c2Cl)c1. The third kappa shape index (κ3) is 5.46. The Morgan fingerprint density at radius 2 is 1.72 bits per heavy atom. The lowest BCUT2D eigenvalue weighted by atomic mass is 10.1. The van der Waals surface area contributed by atoms with Crippen LogP contribution in [0.15, 0.2) is 42.5 Å². The van der Waals surface area contributed by atoms with E-state index in [9.17, 15) is 9.59 Å². The lowest BCUT2D eigenvalue weighted by Crippen LogP contribution is -2.25. The van der Waals surface area contributed by atoms with Gasteiger partial charge in [-0.25, -0.2) is 0 Å². The lowest BCUT2D eigenvalue weighted by Gasteiger charge is -2.09. The predicted molar refractivity (Wildman–Crippen MR) is 99.7 cm³/mol. The standard InChI is InChI=1S/C18H18Cl2N2O3/c1-25-10-4-9-21-17(23)12-5-2-6-13(11-12)18(24)22-15-8-3-7-14(19)16(15)20/h2-3,5-8,11H,4,9-10H2,1H3,(H,21,23)(H,22,24). The Hall–Kier alpha value is -2.08. The van der Waals surface area contributed by atoms with Crippen molar-refractivity contribution in [2.24, 2.45) is 0 Å². The summed E-state index contributed by atoms with van der Waals surface area (Å²) in [6.07, 6.45) is 0.718. The zero-order valence-electron chi connectivity index (χ0n) is 13.6. The van der Waals surface area contributed by atoms with Gasteiger partial charge in [-0.2, -0.15) is 0 Å². The Morgan fingerprint density at radius 1 is 1.04 bits per heavy atom. The number of amides is 2. The Labute approximate surface area is 156 Å². The molecule has 0 saturated carbocycles. The molecular formula is C18H18Cl2N2O3. The Morgan fingerprint density at radius 3 is 2.44 bits per heavy atom. The summed E-state index contributed by atoms with van der Waals surface area (Å²) in [6, 6.07) is 11.4. The maximum atomic E-state index is 12.4. The number of methoxy groups -OCH3 is 1. The van der Waals surface area contributed by atoms with Crippen LogP contribution in [0.1, 0.15) is 27.1 Å². The first-order chi connectivity index (χ1) is 12.0. The van der Waals surface area contributed by atoms with Crippen molar-refractivity contribution in [2.75, 3.05) is 25.6 Å². The van der Waals surface area contributed by atoms with Crippen LogP contribution in [0.3, 0.4) is 0 Å². The minimum atomic E-state index is -0.377. The van der Waals surface area contributed by atoms with Crippen LogP contribution in [-0.2, 0) is 4.74 Å². The molecule has 0 saturated heterocycles. The number of rotatable bonds is 7. The summed E-state index contributed by atoms with van der Waals surface area (Å²) in [5.41, 5.74) is 1.16. The number of carbonyl (C=O) groups is 2. The van der Waals surface area contributed by atoms with Crippen molar-refractivity contribution >= 4 is 40.7 Å². The van der Waals surface area contributed by atoms with E-state index in [0.717, 1.165) is 6.42 Å². The highest BCUT2D eigenvalue weighted by atomic mass is 35.5. The summed E-state index contributed by atoms with van der Waals surface area (Å²) < 4.78 is 4.93. The smallest absolute Gasteiger partial charge is 0.255 e. The minimum Gasteiger partial charge on any atom is -0.385 e. The summed E-state index contributed by atoms with van der Waals surface area (Å²) in [6.45, 7) is 1.07. The molecule has 0 atom stereocenters. The Bertz CT molecular complexity index is 766. The monoisotopic (exact) mass is 380 g/mol. The van der Waals surface area contributed by atoms with E-state index in [4.69, 9.17) is 27.9 Å². The molecule has 2 amide bonds. The fourth-order valence-corrected chi connectivity index (χ4v) is 2.46. The van der Waals surface area contributed by atoms with Crippen LogP contribution < -0.4 is 10.6 Å². The fourth-order valence-electron chi connectivity index (χ4n) is 2.12. The number of carbonyl (C=O) groups excluding carboxylic acids is 2. The average Bonchev–Trinajstić information content (AvgIpc) is 2.62. The van der Waals surface area contributed by atoms with Crippen LogP contribution >= 0.6 is 23.2 Å². The van der Waals surface area contributed by atoms with Gasteiger partial charge in [0.05, 0.1) is 15.7 Å². The van der Waals surface area contributed by atoms with Gasteiger partial charge in [-0.05, 0) is 36.8 Å². The molecule has 0 aromatic heterocycles. The van der Waals surface area contributed by atoms with Crippen LogP contribution in [0, 0.1) is 0 Å². The largest absolute Gasteiger partial charge is 0.385 e. The average molecular weight is 381 g/mol. The zero-order chi connectivity index (χ0) is 18.2. The molecule has 132 valence electrons. The molecule has 0 radical (unpaired) electrons. The van der Waals surface area contributed by atoms with Gasteiger partial charge >= 0.3 is 0 Å². The molecule has 0 fully saturated rings. The van der Waals surface area contributed by atoms with Crippen molar-refractivity contribution in [1.29, 1.82) is 0 Å². The third-order valence-corrected chi connectivity index (χ3v) is 4.22. The molecule has 0 aliphatic carbocycles. The minimum absolute atomic E-state index is 0.244. The van der Waals surface area contributed by atoms with Crippen molar-refractivity contribution in [3.05, 3.63) is 63.6 Å². The van der Waals surface area contributed by atoms with Gasteiger partial charge in [0.25, 0.3) is 11.8 Å². The highest BCUT2D eigenvalue weighted by molar-refractivity contribution is 6.44. The Kier molecular flexibility index (Phi) is 7.25. The summed E-state index contributed by atoms with van der Waals surface area (Å²) in [5, 5.41) is 6.09.